The fraction of sp³-hybridized carbons (Fsp3) is 0.946. The number of carbonyl (C=O) groups excluding carboxylic acids is 3. The molecule has 0 heterocycles. The molecule has 0 N–H and O–H groups in total. The van der Waals surface area contributed by atoms with E-state index in [1.807, 2.05) is 0 Å². The first-order chi connectivity index (χ1) is 30.2. The van der Waals surface area contributed by atoms with Crippen LogP contribution in [0.15, 0.2) is 0 Å². The normalized spacial score (nSPS) is 12.0. The second-order valence-electron chi connectivity index (χ2n) is 20.2. The maximum atomic E-state index is 12.7. The molecule has 0 aromatic rings. The molecule has 0 aliphatic heterocycles. The lowest BCUT2D eigenvalue weighted by Gasteiger charge is -2.18. The summed E-state index contributed by atoms with van der Waals surface area (Å²) in [6, 6.07) is 0. The van der Waals surface area contributed by atoms with Crippen LogP contribution in [0.2, 0.25) is 0 Å². The summed E-state index contributed by atoms with van der Waals surface area (Å²) in [5, 5.41) is 0. The molecule has 0 radical (unpaired) electrons. The summed E-state index contributed by atoms with van der Waals surface area (Å²) < 4.78 is 16.8. The van der Waals surface area contributed by atoms with E-state index in [-0.39, 0.29) is 31.1 Å². The topological polar surface area (TPSA) is 78.9 Å². The van der Waals surface area contributed by atoms with Crippen LogP contribution >= 0.6 is 0 Å². The van der Waals surface area contributed by atoms with Crippen molar-refractivity contribution >= 4 is 17.9 Å². The lowest BCUT2D eigenvalue weighted by molar-refractivity contribution is -0.167. The molecule has 62 heavy (non-hydrogen) atoms. The molecule has 1 atom stereocenters. The molecular weight excluding hydrogens is 769 g/mol. The molecule has 368 valence electrons. The van der Waals surface area contributed by atoms with Crippen LogP contribution in [0.4, 0.5) is 0 Å². The number of rotatable bonds is 50. The van der Waals surface area contributed by atoms with E-state index in [9.17, 15) is 14.4 Å². The maximum Gasteiger partial charge on any atom is 0.306 e. The molecule has 0 aromatic carbocycles. The van der Waals surface area contributed by atoms with Crippen molar-refractivity contribution in [3.63, 3.8) is 0 Å². The minimum Gasteiger partial charge on any atom is -0.462 e. The SMILES string of the molecule is CCCCCCCCCCCCCCCCCCC(=O)OC[C@@H](COC(=O)CCCCCCCCCCCCCCCCCCC(C)C)OC(=O)CCCCCCCCC(C)C. The van der Waals surface area contributed by atoms with Gasteiger partial charge in [-0.1, -0.05) is 272 Å². The van der Waals surface area contributed by atoms with Crippen LogP contribution in [-0.2, 0) is 28.6 Å². The average molecular weight is 877 g/mol. The number of unbranched alkanes of at least 4 members (excludes halogenated alkanes) is 35. The molecule has 0 rings (SSSR count). The number of carbonyl (C=O) groups is 3. The predicted molar refractivity (Wildman–Crippen MR) is 266 cm³/mol. The molecular formula is C56H108O6. The van der Waals surface area contributed by atoms with Gasteiger partial charge in [0.05, 0.1) is 0 Å². The van der Waals surface area contributed by atoms with E-state index >= 15 is 0 Å². The molecule has 0 fully saturated rings. The second kappa shape index (κ2) is 48.9. The van der Waals surface area contributed by atoms with Gasteiger partial charge >= 0.3 is 17.9 Å². The van der Waals surface area contributed by atoms with Gasteiger partial charge in [-0.3, -0.25) is 14.4 Å². The molecule has 0 unspecified atom stereocenters. The fourth-order valence-electron chi connectivity index (χ4n) is 8.52. The Morgan fingerprint density at radius 3 is 0.790 bits per heavy atom. The smallest absolute Gasteiger partial charge is 0.306 e. The highest BCUT2D eigenvalue weighted by atomic mass is 16.6. The zero-order valence-corrected chi connectivity index (χ0v) is 42.5. The Balaban J connectivity index is 4.19. The van der Waals surface area contributed by atoms with Gasteiger partial charge in [0.1, 0.15) is 13.2 Å². The molecule has 0 aliphatic carbocycles. The van der Waals surface area contributed by atoms with Crippen molar-refractivity contribution in [1.82, 2.24) is 0 Å². The Morgan fingerprint density at radius 1 is 0.306 bits per heavy atom. The van der Waals surface area contributed by atoms with Crippen molar-refractivity contribution in [1.29, 1.82) is 0 Å². The number of ether oxygens (including phenoxy) is 3. The van der Waals surface area contributed by atoms with Gasteiger partial charge in [-0.15, -0.1) is 0 Å². The summed E-state index contributed by atoms with van der Waals surface area (Å²) in [5.41, 5.74) is 0. The number of esters is 3. The Morgan fingerprint density at radius 2 is 0.532 bits per heavy atom. The third-order valence-corrected chi connectivity index (χ3v) is 12.7. The van der Waals surface area contributed by atoms with Crippen molar-refractivity contribution in [2.45, 2.75) is 317 Å². The van der Waals surface area contributed by atoms with Crippen molar-refractivity contribution in [3.05, 3.63) is 0 Å². The van der Waals surface area contributed by atoms with E-state index in [0.29, 0.717) is 19.3 Å². The van der Waals surface area contributed by atoms with Crippen LogP contribution in [0.1, 0.15) is 311 Å². The van der Waals surface area contributed by atoms with Gasteiger partial charge in [-0.05, 0) is 31.1 Å². The molecule has 0 amide bonds. The predicted octanol–water partition coefficient (Wildman–Crippen LogP) is 18.1. The van der Waals surface area contributed by atoms with Crippen LogP contribution in [0.5, 0.6) is 0 Å². The van der Waals surface area contributed by atoms with Crippen molar-refractivity contribution in [3.8, 4) is 0 Å². The number of hydrogen-bond acceptors (Lipinski definition) is 6. The third-order valence-electron chi connectivity index (χ3n) is 12.7. The van der Waals surface area contributed by atoms with Crippen LogP contribution in [0, 0.1) is 11.8 Å². The lowest BCUT2D eigenvalue weighted by atomic mass is 10.0. The van der Waals surface area contributed by atoms with E-state index < -0.39 is 6.10 Å². The second-order valence-corrected chi connectivity index (χ2v) is 20.2. The molecule has 6 heteroatoms. The maximum absolute atomic E-state index is 12.7. The van der Waals surface area contributed by atoms with Gasteiger partial charge in [-0.25, -0.2) is 0 Å². The third kappa shape index (κ3) is 49.4. The summed E-state index contributed by atoms with van der Waals surface area (Å²) >= 11 is 0. The van der Waals surface area contributed by atoms with Gasteiger partial charge in [0, 0.05) is 19.3 Å². The molecule has 6 nitrogen and oxygen atoms in total. The van der Waals surface area contributed by atoms with Crippen LogP contribution in [-0.4, -0.2) is 37.2 Å². The summed E-state index contributed by atoms with van der Waals surface area (Å²) in [6.07, 6.45) is 51.1. The first-order valence-electron chi connectivity index (χ1n) is 27.7. The Kier molecular flexibility index (Phi) is 47.6. The summed E-state index contributed by atoms with van der Waals surface area (Å²) in [6.45, 7) is 11.3. The van der Waals surface area contributed by atoms with E-state index in [1.54, 1.807) is 0 Å². The van der Waals surface area contributed by atoms with Crippen LogP contribution in [0.25, 0.3) is 0 Å². The van der Waals surface area contributed by atoms with Gasteiger partial charge in [0.25, 0.3) is 0 Å². The Hall–Kier alpha value is -1.59. The monoisotopic (exact) mass is 877 g/mol. The van der Waals surface area contributed by atoms with E-state index in [4.69, 9.17) is 14.2 Å². The highest BCUT2D eigenvalue weighted by Gasteiger charge is 2.19. The highest BCUT2D eigenvalue weighted by Crippen LogP contribution is 2.18. The first kappa shape index (κ1) is 60.4. The van der Waals surface area contributed by atoms with Crippen molar-refractivity contribution in [2.24, 2.45) is 11.8 Å². The van der Waals surface area contributed by atoms with E-state index in [2.05, 4.69) is 34.6 Å². The first-order valence-corrected chi connectivity index (χ1v) is 27.7. The van der Waals surface area contributed by atoms with Crippen molar-refractivity contribution < 1.29 is 28.6 Å². The molecule has 0 aliphatic rings. The average Bonchev–Trinajstić information content (AvgIpc) is 3.24. The summed E-state index contributed by atoms with van der Waals surface area (Å²) in [7, 11) is 0. The minimum atomic E-state index is -0.762. The quantitative estimate of drug-likeness (QED) is 0.0344. The molecule has 0 aromatic heterocycles. The molecule has 0 spiro atoms. The summed E-state index contributed by atoms with van der Waals surface area (Å²) in [5.74, 6) is 0.763. The van der Waals surface area contributed by atoms with Gasteiger partial charge in [0.2, 0.25) is 0 Å². The van der Waals surface area contributed by atoms with Crippen molar-refractivity contribution in [2.75, 3.05) is 13.2 Å². The largest absolute Gasteiger partial charge is 0.462 e. The standard InChI is InChI=1S/C56H108O6/c1-6-7-8-9-10-11-12-13-14-18-21-24-27-30-36-41-46-54(57)60-49-53(62-56(59)48-43-38-33-32-35-40-45-52(4)5)50-61-55(58)47-42-37-31-28-25-22-19-16-15-17-20-23-26-29-34-39-44-51(2)3/h51-53H,6-50H2,1-5H3/t53-/m0/s1. The van der Waals surface area contributed by atoms with E-state index in [0.717, 1.165) is 69.6 Å². The van der Waals surface area contributed by atoms with Gasteiger partial charge in [-0.2, -0.15) is 0 Å². The van der Waals surface area contributed by atoms with Gasteiger partial charge in [0.15, 0.2) is 6.10 Å². The molecule has 0 saturated carbocycles. The number of hydrogen-bond donors (Lipinski definition) is 0. The van der Waals surface area contributed by atoms with E-state index in [1.165, 1.54) is 199 Å². The van der Waals surface area contributed by atoms with Crippen LogP contribution in [0.3, 0.4) is 0 Å². The molecule has 0 bridgehead atoms. The minimum absolute atomic E-state index is 0.0642. The van der Waals surface area contributed by atoms with Crippen LogP contribution < -0.4 is 0 Å². The molecule has 0 saturated heterocycles. The summed E-state index contributed by atoms with van der Waals surface area (Å²) in [4.78, 5) is 38.0. The van der Waals surface area contributed by atoms with Gasteiger partial charge < -0.3 is 14.2 Å². The Labute approximate surface area is 387 Å². The Bertz CT molecular complexity index is 947. The lowest BCUT2D eigenvalue weighted by Crippen LogP contribution is -2.30. The zero-order chi connectivity index (χ0) is 45.4. The zero-order valence-electron chi connectivity index (χ0n) is 42.5. The highest BCUT2D eigenvalue weighted by molar-refractivity contribution is 5.71. The fourth-order valence-corrected chi connectivity index (χ4v) is 8.52.